The van der Waals surface area contributed by atoms with Crippen molar-refractivity contribution in [3.8, 4) is 46.5 Å². The van der Waals surface area contributed by atoms with Crippen molar-refractivity contribution < 1.29 is 50.9 Å². The number of ether oxygens (including phenoxy) is 4. The highest BCUT2D eigenvalue weighted by Crippen LogP contribution is 2.43. The Morgan fingerprint density at radius 1 is 0.428 bits per heavy atom. The van der Waals surface area contributed by atoms with E-state index in [1.807, 2.05) is 94.4 Å². The third-order valence-electron chi connectivity index (χ3n) is 23.5. The van der Waals surface area contributed by atoms with Crippen molar-refractivity contribution in [2.75, 3.05) is 170 Å². The van der Waals surface area contributed by atoms with E-state index in [2.05, 4.69) is 142 Å². The fraction of sp³-hybridized carbons (Fsp3) is 0.257. The van der Waals surface area contributed by atoms with E-state index in [4.69, 9.17) is 25.5 Å². The van der Waals surface area contributed by atoms with Crippen molar-refractivity contribution in [2.24, 2.45) is 0 Å². The van der Waals surface area contributed by atoms with Gasteiger partial charge in [-0.2, -0.15) is 0 Å². The van der Waals surface area contributed by atoms with Crippen molar-refractivity contribution >= 4 is 125 Å². The molecule has 3 aliphatic heterocycles. The Morgan fingerprint density at radius 2 is 0.797 bits per heavy atom. The van der Waals surface area contributed by atoms with Crippen LogP contribution in [0.1, 0.15) is 73.1 Å². The first-order chi connectivity index (χ1) is 66.7. The number of aromatic nitrogens is 12. The van der Waals surface area contributed by atoms with Crippen LogP contribution in [0.15, 0.2) is 195 Å². The highest BCUT2D eigenvalue weighted by atomic mass is 19.1. The number of aromatic amines is 3. The Bertz CT molecular complexity index is 7010. The zero-order valence-electron chi connectivity index (χ0n) is 78.3. The number of amides is 3. The molecule has 0 atom stereocenters. The van der Waals surface area contributed by atoms with Crippen LogP contribution in [0, 0.1) is 50.6 Å². The second kappa shape index (κ2) is 42.5. The number of pyridine rings is 1. The van der Waals surface area contributed by atoms with Crippen LogP contribution < -0.4 is 60.2 Å². The Balaban J connectivity index is 0.000000134. The second-order valence-electron chi connectivity index (χ2n) is 34.0. The van der Waals surface area contributed by atoms with E-state index >= 15 is 13.2 Å². The van der Waals surface area contributed by atoms with Crippen molar-refractivity contribution in [1.29, 1.82) is 0 Å². The molecule has 708 valence electrons. The number of nitrogens with one attached hydrogen (secondary N) is 8. The van der Waals surface area contributed by atoms with Gasteiger partial charge in [0, 0.05) is 216 Å². The number of H-pyrrole nitrogens is 3. The summed E-state index contributed by atoms with van der Waals surface area (Å²) in [4.78, 5) is 106. The van der Waals surface area contributed by atoms with Crippen LogP contribution in [0.5, 0.6) is 46.5 Å². The Labute approximate surface area is 794 Å². The van der Waals surface area contributed by atoms with Gasteiger partial charge in [-0.1, -0.05) is 30.7 Å². The minimum atomic E-state index is -0.531. The van der Waals surface area contributed by atoms with Gasteiger partial charge in [0.25, 0.3) is 23.4 Å². The molecule has 15 aromatic rings. The van der Waals surface area contributed by atoms with Crippen LogP contribution in [0.3, 0.4) is 0 Å². The summed E-state index contributed by atoms with van der Waals surface area (Å²) in [6.45, 7) is 30.1. The predicted molar refractivity (Wildman–Crippen MR) is 527 cm³/mol. The molecular formula is C101H104F4N26O7. The van der Waals surface area contributed by atoms with Gasteiger partial charge in [-0.05, 0) is 199 Å². The molecule has 138 heavy (non-hydrogen) atoms. The van der Waals surface area contributed by atoms with Crippen LogP contribution in [0.2, 0.25) is 0 Å². The number of hydrogen-bond donors (Lipinski definition) is 8. The molecule has 0 radical (unpaired) electrons. The summed E-state index contributed by atoms with van der Waals surface area (Å²) in [5.74, 6) is -1.75. The van der Waals surface area contributed by atoms with Crippen molar-refractivity contribution in [3.05, 3.63) is 274 Å². The lowest BCUT2D eigenvalue weighted by Crippen LogP contribution is -2.46. The molecule has 8 aromatic heterocycles. The standard InChI is InChI=1S/C28H32FN7O2.C27H30FN7O2.C26H28FN7O2.C20H14FN5O/c1-5-35-12-14-36(15-13-35)20-8-6-19(7-9-20)33-26-24(28(37)34(3)4)27(31-17-30-26)38-23-11-10-22-21(25(23)29)16-18(2)32-22;1-17-15-20-21(31-17)9-10-22(24(20)28)37-26-23(27(36)33(2)3)25(29-16-30-26)32-18-5-7-19(8-6-18)35-13-11-34(4)12-14-35;1-16-14-19-20(31-16)8-9-21(23(19)27)36-25-22(26(35)33(2)3)24(29-15-30-25)32-17-4-6-18(7-5-17)34-12-10-28-11-13-34;1-12-9-13-6-7-15(17(21)14(13)10-12)27-20-18(22-2)19(24-11-25-20)26-16-5-3-4-8-23-16/h6-11,16-17,32H,5,12-15H2,1-4H3,(H,30,31,33);5-10,15-16,31H,11-14H2,1-4H3,(H,29,30,32);4-9,14-15,28,31H,10-13H2,1-3H3,(H,29,30,32);3-8,10-11H,9H2,1H3,(H,23,24,25,26). The molecule has 3 fully saturated rings. The van der Waals surface area contributed by atoms with Gasteiger partial charge >= 0.3 is 0 Å². The van der Waals surface area contributed by atoms with Crippen LogP contribution >= 0.6 is 0 Å². The molecule has 0 spiro atoms. The SMILES string of the molecule is CCN1CCN(c2ccc(Nc3ncnc(Oc4ccc5[nH]c(C)cc5c4F)c3C(=O)N(C)C)cc2)CC1.Cc1cc2c(F)c(Oc3ncnc(Nc4ccc(N5CCN(C)CC5)cc4)c3C(=O)N(C)C)ccc2[nH]1.Cc1cc2c(F)c(Oc3ncnc(Nc4ccc(N5CCNCC5)cc4)c3C(=O)N(C)C)ccc2[nH]1.[C-]#[N+]c1c(Nc2ccccn2)ncnc1Oc1ccc2c(c1F)C=C(C)C2. The number of aryl methyl sites for hydroxylation is 3. The molecule has 4 aliphatic rings. The predicted octanol–water partition coefficient (Wildman–Crippen LogP) is 18.3. The molecule has 8 N–H and O–H groups in total. The molecule has 7 aromatic carbocycles. The first-order valence-electron chi connectivity index (χ1n) is 44.8. The lowest BCUT2D eigenvalue weighted by molar-refractivity contribution is 0.0817. The number of allylic oxidation sites excluding steroid dienone is 1. The fourth-order valence-electron chi connectivity index (χ4n) is 16.2. The highest BCUT2D eigenvalue weighted by Gasteiger charge is 2.31. The number of piperazine rings is 3. The summed E-state index contributed by atoms with van der Waals surface area (Å²) >= 11 is 0. The first-order valence-corrected chi connectivity index (χ1v) is 44.8. The van der Waals surface area contributed by atoms with Gasteiger partial charge in [-0.15, -0.1) is 0 Å². The Hall–Kier alpha value is -16.3. The van der Waals surface area contributed by atoms with E-state index in [-0.39, 0.29) is 110 Å². The van der Waals surface area contributed by atoms with E-state index in [0.29, 0.717) is 44.1 Å². The van der Waals surface area contributed by atoms with Crippen LogP contribution in [-0.4, -0.2) is 236 Å². The second-order valence-corrected chi connectivity index (χ2v) is 34.0. The Kier molecular flexibility index (Phi) is 29.2. The van der Waals surface area contributed by atoms with Gasteiger partial charge in [-0.25, -0.2) is 67.3 Å². The molecule has 33 nitrogen and oxygen atoms in total. The van der Waals surface area contributed by atoms with Gasteiger partial charge in [0.1, 0.15) is 53.6 Å². The first kappa shape index (κ1) is 94.8. The molecule has 3 amide bonds. The Morgan fingerprint density at radius 3 is 1.18 bits per heavy atom. The summed E-state index contributed by atoms with van der Waals surface area (Å²) < 4.78 is 83.7. The van der Waals surface area contributed by atoms with E-state index in [0.717, 1.165) is 154 Å². The molecule has 1 aliphatic carbocycles. The minimum Gasteiger partial charge on any atom is -0.446 e. The van der Waals surface area contributed by atoms with Crippen molar-refractivity contribution in [1.82, 2.24) is 89.6 Å². The third-order valence-corrected chi connectivity index (χ3v) is 23.5. The monoisotopic (exact) mass is 1870 g/mol. The molecular weight excluding hydrogens is 1770 g/mol. The zero-order valence-corrected chi connectivity index (χ0v) is 78.3. The van der Waals surface area contributed by atoms with Gasteiger partial charge in [0.05, 0.1) is 6.57 Å². The number of carbonyl (C=O) groups excluding carboxylic acids is 3. The minimum absolute atomic E-state index is 0.0176. The van der Waals surface area contributed by atoms with Gasteiger partial charge in [0.2, 0.25) is 23.5 Å². The molecule has 37 heteroatoms. The smallest absolute Gasteiger partial charge is 0.288 e. The number of nitrogens with zero attached hydrogens (tertiary/aromatic N) is 18. The highest BCUT2D eigenvalue weighted by molar-refractivity contribution is 6.03. The maximum Gasteiger partial charge on any atom is 0.288 e. The molecule has 3 saturated heterocycles. The van der Waals surface area contributed by atoms with Gasteiger partial charge in [0.15, 0.2) is 63.7 Å². The largest absolute Gasteiger partial charge is 0.446 e. The summed E-state index contributed by atoms with van der Waals surface area (Å²) in [6.07, 6.45) is 9.28. The summed E-state index contributed by atoms with van der Waals surface area (Å²) in [6, 6.07) is 47.5. The maximum atomic E-state index is 15.2. The quantitative estimate of drug-likeness (QED) is 0.0218. The number of carbonyl (C=O) groups is 3. The lowest BCUT2D eigenvalue weighted by Gasteiger charge is -2.35. The fourth-order valence-corrected chi connectivity index (χ4v) is 16.2. The van der Waals surface area contributed by atoms with E-state index in [9.17, 15) is 18.8 Å². The summed E-state index contributed by atoms with van der Waals surface area (Å²) in [5.41, 5.74) is 13.1. The van der Waals surface area contributed by atoms with E-state index in [1.165, 1.54) is 58.2 Å². The third kappa shape index (κ3) is 21.9. The number of benzene rings is 7. The van der Waals surface area contributed by atoms with Gasteiger partial charge < -0.3 is 99.7 Å². The number of halogens is 4. The lowest BCUT2D eigenvalue weighted by atomic mass is 10.1. The van der Waals surface area contributed by atoms with Crippen molar-refractivity contribution in [2.45, 2.75) is 41.0 Å². The number of hydrogen-bond acceptors (Lipinski definition) is 26. The normalized spacial score (nSPS) is 13.6. The average Bonchev–Trinajstić information content (AvgIpc) is 1.48. The summed E-state index contributed by atoms with van der Waals surface area (Å²) in [5, 5.41) is 17.2. The van der Waals surface area contributed by atoms with Crippen LogP contribution in [0.4, 0.5) is 86.5 Å². The van der Waals surface area contributed by atoms with Crippen molar-refractivity contribution in [3.63, 3.8) is 0 Å². The summed E-state index contributed by atoms with van der Waals surface area (Å²) in [7, 11) is 11.9. The van der Waals surface area contributed by atoms with Crippen LogP contribution in [-0.2, 0) is 6.42 Å². The molecule has 0 saturated carbocycles. The molecule has 19 rings (SSSR count). The molecule has 0 bridgehead atoms. The van der Waals surface area contributed by atoms with Gasteiger partial charge in [-0.3, -0.25) is 14.4 Å². The van der Waals surface area contributed by atoms with E-state index < -0.39 is 23.3 Å². The average molecular weight is 1870 g/mol. The van der Waals surface area contributed by atoms with Crippen LogP contribution in [0.25, 0.3) is 43.6 Å². The maximum absolute atomic E-state index is 15.2. The topological polar surface area (TPSA) is 342 Å². The number of anilines is 11. The number of likely N-dealkylation sites (N-methyl/N-ethyl adjacent to an activating group) is 2. The zero-order chi connectivity index (χ0) is 97.0. The molecule has 0 unspecified atom stereocenters. The molecule has 11 heterocycles. The van der Waals surface area contributed by atoms with E-state index in [1.54, 1.807) is 115 Å². The number of rotatable bonds is 23. The number of fused-ring (bicyclic) bond motifs is 4.